The number of nitrogens with zero attached hydrogens (tertiary/aromatic N) is 4. The van der Waals surface area contributed by atoms with Crippen LogP contribution >= 0.6 is 11.6 Å². The number of halogens is 1. The molecule has 0 bridgehead atoms. The SMILES string of the molecule is CN1N=C(c2ccccc2Cl)Oc2cnc(S(C)=O)nc21. The average Bonchev–Trinajstić information content (AvgIpc) is 2.47. The Morgan fingerprint density at radius 1 is 1.33 bits per heavy atom. The van der Waals surface area contributed by atoms with Gasteiger partial charge in [0, 0.05) is 13.3 Å². The van der Waals surface area contributed by atoms with Gasteiger partial charge in [0.15, 0.2) is 11.6 Å². The summed E-state index contributed by atoms with van der Waals surface area (Å²) in [6, 6.07) is 7.26. The molecule has 0 N–H and O–H groups in total. The first-order valence-electron chi connectivity index (χ1n) is 6.02. The Labute approximate surface area is 128 Å². The van der Waals surface area contributed by atoms with Crippen molar-refractivity contribution >= 4 is 34.1 Å². The molecule has 1 unspecified atom stereocenters. The summed E-state index contributed by atoms with van der Waals surface area (Å²) in [5.41, 5.74) is 0.680. The lowest BCUT2D eigenvalue weighted by Crippen LogP contribution is -2.26. The molecule has 3 rings (SSSR count). The van der Waals surface area contributed by atoms with Crippen LogP contribution in [0.25, 0.3) is 0 Å². The van der Waals surface area contributed by atoms with Crippen LogP contribution in [0.5, 0.6) is 5.75 Å². The maximum Gasteiger partial charge on any atom is 0.245 e. The van der Waals surface area contributed by atoms with E-state index in [0.29, 0.717) is 28.1 Å². The van der Waals surface area contributed by atoms with Gasteiger partial charge in [-0.3, -0.25) is 4.21 Å². The maximum absolute atomic E-state index is 11.4. The smallest absolute Gasteiger partial charge is 0.245 e. The first-order valence-corrected chi connectivity index (χ1v) is 7.95. The van der Waals surface area contributed by atoms with Crippen molar-refractivity contribution < 1.29 is 8.95 Å². The molecular weight excluding hydrogens is 312 g/mol. The van der Waals surface area contributed by atoms with E-state index in [0.717, 1.165) is 0 Å². The average molecular weight is 323 g/mol. The summed E-state index contributed by atoms with van der Waals surface area (Å²) in [6.45, 7) is 0. The number of rotatable bonds is 2. The van der Waals surface area contributed by atoms with Gasteiger partial charge >= 0.3 is 0 Å². The van der Waals surface area contributed by atoms with E-state index in [-0.39, 0.29) is 5.16 Å². The first kappa shape index (κ1) is 14.0. The zero-order valence-corrected chi connectivity index (χ0v) is 12.9. The van der Waals surface area contributed by atoms with E-state index in [2.05, 4.69) is 15.1 Å². The van der Waals surface area contributed by atoms with E-state index in [1.165, 1.54) is 12.5 Å². The van der Waals surface area contributed by atoms with Crippen LogP contribution in [-0.2, 0) is 10.8 Å². The lowest BCUT2D eigenvalue weighted by Gasteiger charge is -2.23. The number of fused-ring (bicyclic) bond motifs is 1. The fourth-order valence-corrected chi connectivity index (χ4v) is 2.47. The molecule has 0 spiro atoms. The van der Waals surface area contributed by atoms with Gasteiger partial charge in [-0.05, 0) is 12.1 Å². The number of benzene rings is 1. The Kier molecular flexibility index (Phi) is 3.60. The van der Waals surface area contributed by atoms with Gasteiger partial charge in [-0.25, -0.2) is 9.99 Å². The van der Waals surface area contributed by atoms with Gasteiger partial charge in [-0.1, -0.05) is 23.7 Å². The van der Waals surface area contributed by atoms with Crippen LogP contribution in [0.4, 0.5) is 5.82 Å². The minimum Gasteiger partial charge on any atom is -0.431 e. The second kappa shape index (κ2) is 5.42. The van der Waals surface area contributed by atoms with Crippen molar-refractivity contribution in [2.75, 3.05) is 18.3 Å². The van der Waals surface area contributed by atoms with Crippen LogP contribution in [-0.4, -0.2) is 33.4 Å². The minimum absolute atomic E-state index is 0.237. The third-order valence-electron chi connectivity index (χ3n) is 2.83. The molecule has 0 radical (unpaired) electrons. The monoisotopic (exact) mass is 322 g/mol. The Balaban J connectivity index is 2.02. The highest BCUT2D eigenvalue weighted by Crippen LogP contribution is 2.31. The quantitative estimate of drug-likeness (QED) is 0.792. The molecule has 1 aromatic carbocycles. The molecule has 0 fully saturated rings. The Bertz CT molecular complexity index is 766. The second-order valence-corrected chi connectivity index (χ2v) is 5.99. The zero-order valence-electron chi connectivity index (χ0n) is 11.3. The van der Waals surface area contributed by atoms with E-state index in [1.807, 2.05) is 18.2 Å². The fraction of sp³-hybridized carbons (Fsp3) is 0.154. The largest absolute Gasteiger partial charge is 0.431 e. The number of hydrogen-bond acceptors (Lipinski definition) is 6. The molecule has 2 heterocycles. The van der Waals surface area contributed by atoms with Crippen molar-refractivity contribution in [3.63, 3.8) is 0 Å². The molecule has 0 saturated heterocycles. The molecule has 0 amide bonds. The van der Waals surface area contributed by atoms with Crippen molar-refractivity contribution in [2.24, 2.45) is 5.10 Å². The number of anilines is 1. The molecular formula is C13H11ClN4O2S. The Morgan fingerprint density at radius 2 is 2.10 bits per heavy atom. The van der Waals surface area contributed by atoms with Crippen molar-refractivity contribution in [3.05, 3.63) is 41.0 Å². The fourth-order valence-electron chi connectivity index (χ4n) is 1.84. The second-order valence-electron chi connectivity index (χ2n) is 4.31. The predicted molar refractivity (Wildman–Crippen MR) is 81.4 cm³/mol. The summed E-state index contributed by atoms with van der Waals surface area (Å²) in [4.78, 5) is 8.22. The minimum atomic E-state index is -1.26. The summed E-state index contributed by atoms with van der Waals surface area (Å²) in [5.74, 6) is 1.27. The van der Waals surface area contributed by atoms with Crippen molar-refractivity contribution in [2.45, 2.75) is 5.16 Å². The van der Waals surface area contributed by atoms with Crippen LogP contribution in [0.1, 0.15) is 5.56 Å². The van der Waals surface area contributed by atoms with E-state index < -0.39 is 10.8 Å². The number of ether oxygens (including phenoxy) is 1. The Hall–Kier alpha value is -1.99. The van der Waals surface area contributed by atoms with Crippen LogP contribution in [0.3, 0.4) is 0 Å². The zero-order chi connectivity index (χ0) is 15.0. The predicted octanol–water partition coefficient (Wildman–Crippen LogP) is 2.06. The number of hydrazone groups is 1. The maximum atomic E-state index is 11.4. The van der Waals surface area contributed by atoms with Crippen LogP contribution in [0.15, 0.2) is 40.7 Å². The lowest BCUT2D eigenvalue weighted by atomic mass is 10.2. The van der Waals surface area contributed by atoms with Gasteiger partial charge in [0.25, 0.3) is 0 Å². The molecule has 6 nitrogen and oxygen atoms in total. The molecule has 1 aliphatic rings. The van der Waals surface area contributed by atoms with Gasteiger partial charge in [0.05, 0.1) is 27.6 Å². The van der Waals surface area contributed by atoms with E-state index in [1.54, 1.807) is 18.1 Å². The summed E-state index contributed by atoms with van der Waals surface area (Å²) in [7, 11) is 0.465. The standard InChI is InChI=1S/C13H11ClN4O2S/c1-18-11-10(7-15-13(16-11)21(2)19)20-12(17-18)8-5-3-4-6-9(8)14/h3-7H,1-2H3. The molecule has 1 atom stereocenters. The van der Waals surface area contributed by atoms with E-state index in [9.17, 15) is 4.21 Å². The van der Waals surface area contributed by atoms with Crippen molar-refractivity contribution in [3.8, 4) is 5.75 Å². The molecule has 8 heteroatoms. The normalized spacial score (nSPS) is 15.0. The van der Waals surface area contributed by atoms with Crippen LogP contribution in [0.2, 0.25) is 5.02 Å². The summed E-state index contributed by atoms with van der Waals surface area (Å²) in [5, 5.41) is 6.64. The summed E-state index contributed by atoms with van der Waals surface area (Å²) in [6.07, 6.45) is 3.00. The summed E-state index contributed by atoms with van der Waals surface area (Å²) < 4.78 is 17.1. The highest BCUT2D eigenvalue weighted by molar-refractivity contribution is 7.84. The molecule has 2 aromatic rings. The van der Waals surface area contributed by atoms with E-state index in [4.69, 9.17) is 16.3 Å². The lowest BCUT2D eigenvalue weighted by molar-refractivity contribution is 0.520. The summed E-state index contributed by atoms with van der Waals surface area (Å²) >= 11 is 6.15. The third kappa shape index (κ3) is 2.62. The molecule has 1 aliphatic heterocycles. The number of aromatic nitrogens is 2. The van der Waals surface area contributed by atoms with Gasteiger partial charge in [0.1, 0.15) is 0 Å². The van der Waals surface area contributed by atoms with Gasteiger partial charge < -0.3 is 4.74 Å². The van der Waals surface area contributed by atoms with Crippen molar-refractivity contribution in [1.82, 2.24) is 9.97 Å². The topological polar surface area (TPSA) is 67.7 Å². The number of hydrogen-bond donors (Lipinski definition) is 0. The highest BCUT2D eigenvalue weighted by atomic mass is 35.5. The van der Waals surface area contributed by atoms with Crippen molar-refractivity contribution in [1.29, 1.82) is 0 Å². The molecule has 0 aliphatic carbocycles. The molecule has 0 saturated carbocycles. The third-order valence-corrected chi connectivity index (χ3v) is 3.87. The van der Waals surface area contributed by atoms with Gasteiger partial charge in [-0.2, -0.15) is 4.98 Å². The van der Waals surface area contributed by atoms with Crippen LogP contribution in [0, 0.1) is 0 Å². The molecule has 1 aromatic heterocycles. The molecule has 21 heavy (non-hydrogen) atoms. The Morgan fingerprint density at radius 3 is 2.81 bits per heavy atom. The highest BCUT2D eigenvalue weighted by Gasteiger charge is 2.23. The van der Waals surface area contributed by atoms with Gasteiger partial charge in [0.2, 0.25) is 11.1 Å². The van der Waals surface area contributed by atoms with Gasteiger partial charge in [-0.15, -0.1) is 5.10 Å². The van der Waals surface area contributed by atoms with E-state index >= 15 is 0 Å². The molecule has 108 valence electrons. The van der Waals surface area contributed by atoms with Crippen LogP contribution < -0.4 is 9.75 Å². The first-order chi connectivity index (χ1) is 10.1.